The highest BCUT2D eigenvalue weighted by Crippen LogP contribution is 2.09. The van der Waals surface area contributed by atoms with Gasteiger partial charge in [0, 0.05) is 6.20 Å². The fraction of sp³-hybridized carbons (Fsp3) is 0.375. The van der Waals surface area contributed by atoms with E-state index in [1.165, 1.54) is 0 Å². The Morgan fingerprint density at radius 3 is 2.93 bits per heavy atom. The van der Waals surface area contributed by atoms with Crippen LogP contribution in [0.4, 0.5) is 4.39 Å². The third-order valence-electron chi connectivity index (χ3n) is 1.55. The molecule has 0 aromatic carbocycles. The van der Waals surface area contributed by atoms with Crippen LogP contribution in [0.25, 0.3) is 0 Å². The molecule has 1 unspecified atom stereocenters. The van der Waals surface area contributed by atoms with Crippen LogP contribution in [0.1, 0.15) is 23.6 Å². The number of halogens is 1. The molecule has 1 N–H and O–H groups in total. The van der Waals surface area contributed by atoms with Gasteiger partial charge >= 0.3 is 11.9 Å². The van der Waals surface area contributed by atoms with Crippen LogP contribution in [-0.2, 0) is 9.53 Å². The lowest BCUT2D eigenvalue weighted by Gasteiger charge is -2.01. The van der Waals surface area contributed by atoms with E-state index in [4.69, 9.17) is 5.11 Å². The summed E-state index contributed by atoms with van der Waals surface area (Å²) in [6.45, 7) is 1.81. The Bertz CT molecular complexity index is 376. The lowest BCUT2D eigenvalue weighted by Crippen LogP contribution is -2.14. The Morgan fingerprint density at radius 1 is 1.73 bits per heavy atom. The van der Waals surface area contributed by atoms with Crippen LogP contribution in [0.2, 0.25) is 0 Å². The Kier molecular flexibility index (Phi) is 3.37. The maximum absolute atomic E-state index is 12.9. The summed E-state index contributed by atoms with van der Waals surface area (Å²) >= 11 is 0. The van der Waals surface area contributed by atoms with Crippen molar-refractivity contribution in [2.45, 2.75) is 13.2 Å². The maximum atomic E-state index is 12.9. The summed E-state index contributed by atoms with van der Waals surface area (Å²) in [5.41, 5.74) is 0.0146. The Labute approximate surface area is 84.3 Å². The van der Waals surface area contributed by atoms with Crippen molar-refractivity contribution in [1.82, 2.24) is 9.78 Å². The summed E-state index contributed by atoms with van der Waals surface area (Å²) in [4.78, 5) is 21.4. The molecule has 1 aromatic rings. The number of nitrogens with zero attached hydrogens (tertiary/aromatic N) is 2. The first-order valence-corrected chi connectivity index (χ1v) is 4.14. The van der Waals surface area contributed by atoms with Gasteiger partial charge in [-0.3, -0.25) is 0 Å². The van der Waals surface area contributed by atoms with Crippen LogP contribution in [0.3, 0.4) is 0 Å². The molecule has 0 aliphatic rings. The van der Waals surface area contributed by atoms with Crippen LogP contribution in [0.15, 0.2) is 12.4 Å². The summed E-state index contributed by atoms with van der Waals surface area (Å²) in [5, 5.41) is 11.7. The van der Waals surface area contributed by atoms with E-state index in [0.29, 0.717) is 4.68 Å². The second-order valence-corrected chi connectivity index (χ2v) is 2.60. The van der Waals surface area contributed by atoms with Crippen molar-refractivity contribution in [3.63, 3.8) is 0 Å². The molecule has 0 spiro atoms. The molecule has 0 bridgehead atoms. The van der Waals surface area contributed by atoms with Gasteiger partial charge in [0.1, 0.15) is 0 Å². The van der Waals surface area contributed by atoms with Crippen LogP contribution in [-0.4, -0.2) is 33.4 Å². The van der Waals surface area contributed by atoms with Crippen molar-refractivity contribution >= 4 is 11.9 Å². The van der Waals surface area contributed by atoms with Crippen molar-refractivity contribution in [1.29, 1.82) is 0 Å². The maximum Gasteiger partial charge on any atom is 0.361 e. The molecule has 0 saturated carbocycles. The second-order valence-electron chi connectivity index (χ2n) is 2.60. The normalized spacial score (nSPS) is 12.1. The molecular formula is C8H9FN2O4. The van der Waals surface area contributed by atoms with Crippen molar-refractivity contribution in [2.75, 3.05) is 6.61 Å². The first kappa shape index (κ1) is 11.2. The molecule has 1 rings (SSSR count). The Hall–Kier alpha value is -1.92. The number of ether oxygens (including phenoxy) is 1. The molecule has 1 heterocycles. The van der Waals surface area contributed by atoms with Crippen molar-refractivity contribution in [2.24, 2.45) is 0 Å². The molecule has 7 heteroatoms. The fourth-order valence-corrected chi connectivity index (χ4v) is 0.895. The van der Waals surface area contributed by atoms with E-state index in [-0.39, 0.29) is 12.2 Å². The number of aliphatic carboxylic acids is 1. The molecular weight excluding hydrogens is 207 g/mol. The quantitative estimate of drug-likeness (QED) is 0.746. The highest BCUT2D eigenvalue weighted by atomic mass is 19.1. The largest absolute Gasteiger partial charge is 0.478 e. The average Bonchev–Trinajstić information content (AvgIpc) is 2.65. The fourth-order valence-electron chi connectivity index (χ4n) is 0.895. The molecule has 0 amide bonds. The number of hydrogen-bond donors (Lipinski definition) is 1. The number of carboxylic acids is 1. The molecule has 0 saturated heterocycles. The van der Waals surface area contributed by atoms with Crippen LogP contribution < -0.4 is 0 Å². The Balaban J connectivity index is 2.80. The third-order valence-corrected chi connectivity index (χ3v) is 1.55. The van der Waals surface area contributed by atoms with Crippen molar-refractivity contribution in [3.05, 3.63) is 18.0 Å². The van der Waals surface area contributed by atoms with Gasteiger partial charge in [-0.2, -0.15) is 5.10 Å². The lowest BCUT2D eigenvalue weighted by molar-refractivity contribution is -0.146. The van der Waals surface area contributed by atoms with Crippen molar-refractivity contribution < 1.29 is 23.8 Å². The monoisotopic (exact) mass is 216 g/mol. The van der Waals surface area contributed by atoms with Gasteiger partial charge in [0.05, 0.1) is 18.4 Å². The molecule has 0 radical (unpaired) electrons. The standard InChI is InChI=1S/C8H9FN2O4/c1-2-15-8(14)5-3-10-11(4-5)6(9)7(12)13/h3-4,6H,2H2,1H3,(H,12,13). The number of hydrogen-bond acceptors (Lipinski definition) is 4. The van der Waals surface area contributed by atoms with Gasteiger partial charge in [-0.1, -0.05) is 0 Å². The molecule has 0 fully saturated rings. The van der Waals surface area contributed by atoms with Crippen LogP contribution >= 0.6 is 0 Å². The number of carbonyl (C=O) groups is 2. The van der Waals surface area contributed by atoms with Crippen LogP contribution in [0, 0.1) is 0 Å². The number of rotatable bonds is 4. The first-order chi connectivity index (χ1) is 7.06. The summed E-state index contributed by atoms with van der Waals surface area (Å²) in [6.07, 6.45) is -0.266. The van der Waals surface area contributed by atoms with Gasteiger partial charge in [-0.15, -0.1) is 0 Å². The zero-order valence-corrected chi connectivity index (χ0v) is 7.88. The SMILES string of the molecule is CCOC(=O)c1cnn(C(F)C(=O)O)c1. The van der Waals surface area contributed by atoms with E-state index < -0.39 is 18.2 Å². The van der Waals surface area contributed by atoms with E-state index >= 15 is 0 Å². The van der Waals surface area contributed by atoms with Gasteiger partial charge in [-0.25, -0.2) is 18.7 Å². The van der Waals surface area contributed by atoms with E-state index in [1.54, 1.807) is 6.92 Å². The number of carbonyl (C=O) groups excluding carboxylic acids is 1. The zero-order chi connectivity index (χ0) is 11.4. The molecule has 1 aromatic heterocycles. The molecule has 0 aliphatic carbocycles. The van der Waals surface area contributed by atoms with Gasteiger partial charge in [0.2, 0.25) is 0 Å². The summed E-state index contributed by atoms with van der Waals surface area (Å²) in [6, 6.07) is 0. The summed E-state index contributed by atoms with van der Waals surface area (Å²) in [5.74, 6) is -2.34. The van der Waals surface area contributed by atoms with Crippen molar-refractivity contribution in [3.8, 4) is 0 Å². The van der Waals surface area contributed by atoms with Gasteiger partial charge < -0.3 is 9.84 Å². The highest BCUT2D eigenvalue weighted by Gasteiger charge is 2.20. The number of aromatic nitrogens is 2. The minimum atomic E-state index is -2.30. The first-order valence-electron chi connectivity index (χ1n) is 4.14. The van der Waals surface area contributed by atoms with Crippen LogP contribution in [0.5, 0.6) is 0 Å². The van der Waals surface area contributed by atoms with Gasteiger partial charge in [0.25, 0.3) is 6.30 Å². The predicted octanol–water partition coefficient (Wildman–Crippen LogP) is 0.613. The number of esters is 1. The number of carboxylic acid groups (broad SMARTS) is 1. The molecule has 82 valence electrons. The highest BCUT2D eigenvalue weighted by molar-refractivity contribution is 5.88. The minimum Gasteiger partial charge on any atom is -0.478 e. The van der Waals surface area contributed by atoms with Gasteiger partial charge in [-0.05, 0) is 6.92 Å². The minimum absolute atomic E-state index is 0.0146. The molecule has 15 heavy (non-hydrogen) atoms. The van der Waals surface area contributed by atoms with E-state index in [0.717, 1.165) is 12.4 Å². The predicted molar refractivity (Wildman–Crippen MR) is 46.0 cm³/mol. The smallest absolute Gasteiger partial charge is 0.361 e. The van der Waals surface area contributed by atoms with E-state index in [1.807, 2.05) is 0 Å². The molecule has 1 atom stereocenters. The zero-order valence-electron chi connectivity index (χ0n) is 7.88. The third kappa shape index (κ3) is 2.52. The average molecular weight is 216 g/mol. The molecule has 0 aliphatic heterocycles. The second kappa shape index (κ2) is 4.54. The van der Waals surface area contributed by atoms with Gasteiger partial charge in [0.15, 0.2) is 0 Å². The Morgan fingerprint density at radius 2 is 2.40 bits per heavy atom. The van der Waals surface area contributed by atoms with E-state index in [2.05, 4.69) is 9.84 Å². The number of alkyl halides is 1. The topological polar surface area (TPSA) is 81.4 Å². The van der Waals surface area contributed by atoms with E-state index in [9.17, 15) is 14.0 Å². The molecule has 6 nitrogen and oxygen atoms in total. The summed E-state index contributed by atoms with van der Waals surface area (Å²) in [7, 11) is 0. The lowest BCUT2D eigenvalue weighted by atomic mass is 10.4. The summed E-state index contributed by atoms with van der Waals surface area (Å²) < 4.78 is 18.0.